The summed E-state index contributed by atoms with van der Waals surface area (Å²) in [5, 5.41) is 11.2. The lowest BCUT2D eigenvalue weighted by atomic mass is 10.1. The minimum absolute atomic E-state index is 0.404. The average Bonchev–Trinajstić information content (AvgIpc) is 2.20. The minimum Gasteiger partial charge on any atom is -0.465 e. The molecule has 1 aromatic rings. The summed E-state index contributed by atoms with van der Waals surface area (Å²) in [5.74, 6) is -0.404. The van der Waals surface area contributed by atoms with Crippen molar-refractivity contribution in [3.05, 3.63) is 33.8 Å². The summed E-state index contributed by atoms with van der Waals surface area (Å²) in [6.07, 6.45) is 1.27. The molecule has 0 radical (unpaired) electrons. The Bertz CT molecular complexity index is 376. The van der Waals surface area contributed by atoms with E-state index in [9.17, 15) is 4.79 Å². The Balaban J connectivity index is 3.06. The zero-order chi connectivity index (χ0) is 10.6. The fourth-order valence-electron chi connectivity index (χ4n) is 0.939. The highest BCUT2D eigenvalue weighted by atomic mass is 79.9. The van der Waals surface area contributed by atoms with E-state index in [1.165, 1.54) is 13.3 Å². The van der Waals surface area contributed by atoms with Crippen LogP contribution in [0, 0.1) is 0 Å². The molecule has 1 aromatic carbocycles. The molecule has 14 heavy (non-hydrogen) atoms. The molecule has 0 saturated carbocycles. The molecule has 1 N–H and O–H groups in total. The highest BCUT2D eigenvalue weighted by molar-refractivity contribution is 9.10. The van der Waals surface area contributed by atoms with Crippen LogP contribution in [0.5, 0.6) is 0 Å². The van der Waals surface area contributed by atoms with Gasteiger partial charge in [0.2, 0.25) is 0 Å². The lowest BCUT2D eigenvalue weighted by Crippen LogP contribution is -2.01. The molecular formula is C9H8BrNO3. The second-order valence-corrected chi connectivity index (χ2v) is 3.33. The molecule has 4 nitrogen and oxygen atoms in total. The quantitative estimate of drug-likeness (QED) is 0.382. The summed E-state index contributed by atoms with van der Waals surface area (Å²) < 4.78 is 5.21. The molecule has 0 bridgehead atoms. The number of oxime groups is 1. The zero-order valence-electron chi connectivity index (χ0n) is 7.40. The fourth-order valence-corrected chi connectivity index (χ4v) is 1.42. The van der Waals surface area contributed by atoms with Crippen LogP contribution in [-0.4, -0.2) is 24.5 Å². The van der Waals surface area contributed by atoms with E-state index in [4.69, 9.17) is 5.21 Å². The number of hydrogen-bond donors (Lipinski definition) is 1. The number of esters is 1. The van der Waals surface area contributed by atoms with Crippen LogP contribution >= 0.6 is 15.9 Å². The summed E-state index contributed by atoms with van der Waals surface area (Å²) in [5.41, 5.74) is 1.12. The Labute approximate surface area is 89.3 Å². The maximum absolute atomic E-state index is 11.1. The Kier molecular flexibility index (Phi) is 3.64. The van der Waals surface area contributed by atoms with Crippen LogP contribution in [0.2, 0.25) is 0 Å². The van der Waals surface area contributed by atoms with E-state index < -0.39 is 5.97 Å². The topological polar surface area (TPSA) is 58.9 Å². The van der Waals surface area contributed by atoms with Gasteiger partial charge >= 0.3 is 5.97 Å². The summed E-state index contributed by atoms with van der Waals surface area (Å²) in [6.45, 7) is 0. The Hall–Kier alpha value is -1.36. The van der Waals surface area contributed by atoms with Crippen molar-refractivity contribution in [2.45, 2.75) is 0 Å². The average molecular weight is 258 g/mol. The molecule has 0 aliphatic heterocycles. The minimum atomic E-state index is -0.404. The second-order valence-electron chi connectivity index (χ2n) is 2.47. The van der Waals surface area contributed by atoms with E-state index in [-0.39, 0.29) is 0 Å². The van der Waals surface area contributed by atoms with Crippen molar-refractivity contribution in [2.75, 3.05) is 7.11 Å². The number of benzene rings is 1. The van der Waals surface area contributed by atoms with Crippen molar-refractivity contribution >= 4 is 28.1 Å². The third kappa shape index (κ3) is 2.32. The second kappa shape index (κ2) is 4.76. The van der Waals surface area contributed by atoms with Gasteiger partial charge in [-0.05, 0) is 12.1 Å². The predicted molar refractivity (Wildman–Crippen MR) is 54.9 cm³/mol. The van der Waals surface area contributed by atoms with Crippen molar-refractivity contribution in [3.8, 4) is 0 Å². The van der Waals surface area contributed by atoms with Crippen molar-refractivity contribution in [3.63, 3.8) is 0 Å². The summed E-state index contributed by atoms with van der Waals surface area (Å²) in [6, 6.07) is 4.84. The van der Waals surface area contributed by atoms with Crippen molar-refractivity contribution in [2.24, 2.45) is 5.16 Å². The zero-order valence-corrected chi connectivity index (χ0v) is 8.98. The van der Waals surface area contributed by atoms with Gasteiger partial charge in [0.1, 0.15) is 0 Å². The van der Waals surface area contributed by atoms with E-state index in [1.54, 1.807) is 18.2 Å². The highest BCUT2D eigenvalue weighted by Gasteiger charge is 2.07. The maximum atomic E-state index is 11.1. The third-order valence-electron chi connectivity index (χ3n) is 1.62. The monoisotopic (exact) mass is 257 g/mol. The standard InChI is InChI=1S/C9H8BrNO3/c1-14-9(12)6-2-3-7(5-11-13)8(10)4-6/h2-5,13H,1H3/b11-5+. The van der Waals surface area contributed by atoms with Gasteiger partial charge in [0.15, 0.2) is 0 Å². The van der Waals surface area contributed by atoms with Crippen LogP contribution in [0.25, 0.3) is 0 Å². The molecular weight excluding hydrogens is 250 g/mol. The number of rotatable bonds is 2. The Morgan fingerprint density at radius 1 is 1.64 bits per heavy atom. The molecule has 0 atom stereocenters. The van der Waals surface area contributed by atoms with E-state index in [0.29, 0.717) is 15.6 Å². The van der Waals surface area contributed by atoms with Gasteiger partial charge in [0.05, 0.1) is 18.9 Å². The number of halogens is 1. The number of carbonyl (C=O) groups excluding carboxylic acids is 1. The molecule has 0 aromatic heterocycles. The number of hydrogen-bond acceptors (Lipinski definition) is 4. The van der Waals surface area contributed by atoms with Gasteiger partial charge in [-0.1, -0.05) is 27.2 Å². The van der Waals surface area contributed by atoms with Gasteiger partial charge in [-0.25, -0.2) is 4.79 Å². The first-order chi connectivity index (χ1) is 6.69. The van der Waals surface area contributed by atoms with Gasteiger partial charge in [0, 0.05) is 10.0 Å². The van der Waals surface area contributed by atoms with Crippen molar-refractivity contribution < 1.29 is 14.7 Å². The first kappa shape index (κ1) is 10.7. The number of nitrogens with zero attached hydrogens (tertiary/aromatic N) is 1. The van der Waals surface area contributed by atoms with Crippen molar-refractivity contribution in [1.82, 2.24) is 0 Å². The van der Waals surface area contributed by atoms with Gasteiger partial charge in [-0.3, -0.25) is 0 Å². The number of carbonyl (C=O) groups is 1. The molecule has 5 heteroatoms. The highest BCUT2D eigenvalue weighted by Crippen LogP contribution is 2.17. The summed E-state index contributed by atoms with van der Waals surface area (Å²) in [7, 11) is 1.32. The molecule has 74 valence electrons. The van der Waals surface area contributed by atoms with E-state index in [0.717, 1.165) is 0 Å². The third-order valence-corrected chi connectivity index (χ3v) is 2.31. The van der Waals surface area contributed by atoms with E-state index in [2.05, 4.69) is 25.8 Å². The molecule has 0 aliphatic rings. The number of methoxy groups -OCH3 is 1. The molecule has 0 fully saturated rings. The molecule has 0 aliphatic carbocycles. The van der Waals surface area contributed by atoms with Crippen LogP contribution in [-0.2, 0) is 4.74 Å². The SMILES string of the molecule is COC(=O)c1ccc(/C=N/O)c(Br)c1. The maximum Gasteiger partial charge on any atom is 0.337 e. The fraction of sp³-hybridized carbons (Fsp3) is 0.111. The molecule has 0 saturated heterocycles. The van der Waals surface area contributed by atoms with Gasteiger partial charge in [-0.15, -0.1) is 0 Å². The Morgan fingerprint density at radius 2 is 2.36 bits per heavy atom. The van der Waals surface area contributed by atoms with Gasteiger partial charge in [0.25, 0.3) is 0 Å². The van der Waals surface area contributed by atoms with Crippen molar-refractivity contribution in [1.29, 1.82) is 0 Å². The summed E-state index contributed by atoms with van der Waals surface area (Å²) >= 11 is 3.24. The van der Waals surface area contributed by atoms with Gasteiger partial charge < -0.3 is 9.94 Å². The lowest BCUT2D eigenvalue weighted by Gasteiger charge is -2.01. The molecule has 0 heterocycles. The first-order valence-corrected chi connectivity index (χ1v) is 4.53. The largest absolute Gasteiger partial charge is 0.465 e. The smallest absolute Gasteiger partial charge is 0.337 e. The molecule has 0 unspecified atom stereocenters. The predicted octanol–water partition coefficient (Wildman–Crippen LogP) is 2.04. The van der Waals surface area contributed by atoms with Crippen LogP contribution in [0.4, 0.5) is 0 Å². The van der Waals surface area contributed by atoms with Crippen LogP contribution in [0.1, 0.15) is 15.9 Å². The van der Waals surface area contributed by atoms with Gasteiger partial charge in [-0.2, -0.15) is 0 Å². The van der Waals surface area contributed by atoms with Crippen LogP contribution in [0.15, 0.2) is 27.8 Å². The molecule has 0 amide bonds. The normalized spacial score (nSPS) is 10.4. The number of ether oxygens (including phenoxy) is 1. The van der Waals surface area contributed by atoms with E-state index in [1.807, 2.05) is 0 Å². The summed E-state index contributed by atoms with van der Waals surface area (Å²) in [4.78, 5) is 11.1. The van der Waals surface area contributed by atoms with Crippen LogP contribution < -0.4 is 0 Å². The lowest BCUT2D eigenvalue weighted by molar-refractivity contribution is 0.0600. The molecule has 0 spiro atoms. The Morgan fingerprint density at radius 3 is 2.86 bits per heavy atom. The van der Waals surface area contributed by atoms with E-state index >= 15 is 0 Å². The first-order valence-electron chi connectivity index (χ1n) is 3.74. The molecule has 1 rings (SSSR count). The van der Waals surface area contributed by atoms with Crippen LogP contribution in [0.3, 0.4) is 0 Å².